The quantitative estimate of drug-likeness (QED) is 0.880. The van der Waals surface area contributed by atoms with Crippen LogP contribution in [0.3, 0.4) is 0 Å². The van der Waals surface area contributed by atoms with Crippen LogP contribution in [0.25, 0.3) is 0 Å². The highest BCUT2D eigenvalue weighted by molar-refractivity contribution is 9.10. The SMILES string of the molecule is CC1(C)[C@@H](CN)[C@@H]1c1ccc(Cl)cc1Br. The van der Waals surface area contributed by atoms with E-state index in [0.717, 1.165) is 16.0 Å². The van der Waals surface area contributed by atoms with Crippen molar-refractivity contribution in [3.63, 3.8) is 0 Å². The van der Waals surface area contributed by atoms with Gasteiger partial charge in [0.25, 0.3) is 0 Å². The summed E-state index contributed by atoms with van der Waals surface area (Å²) < 4.78 is 1.10. The van der Waals surface area contributed by atoms with Crippen molar-refractivity contribution in [3.05, 3.63) is 33.3 Å². The lowest BCUT2D eigenvalue weighted by atomic mass is 10.0. The van der Waals surface area contributed by atoms with Crippen molar-refractivity contribution in [2.24, 2.45) is 17.1 Å². The van der Waals surface area contributed by atoms with Crippen molar-refractivity contribution < 1.29 is 0 Å². The van der Waals surface area contributed by atoms with E-state index in [2.05, 4.69) is 35.8 Å². The maximum absolute atomic E-state index is 5.93. The maximum atomic E-state index is 5.93. The molecule has 2 N–H and O–H groups in total. The van der Waals surface area contributed by atoms with Crippen molar-refractivity contribution in [2.45, 2.75) is 19.8 Å². The third-order valence-corrected chi connectivity index (χ3v) is 4.52. The molecule has 2 atom stereocenters. The molecule has 0 spiro atoms. The van der Waals surface area contributed by atoms with E-state index in [1.807, 2.05) is 12.1 Å². The topological polar surface area (TPSA) is 26.0 Å². The number of nitrogens with two attached hydrogens (primary N) is 1. The van der Waals surface area contributed by atoms with Crippen molar-refractivity contribution in [1.29, 1.82) is 0 Å². The molecule has 1 nitrogen and oxygen atoms in total. The molecular weight excluding hydrogens is 273 g/mol. The molecule has 1 fully saturated rings. The fraction of sp³-hybridized carbons (Fsp3) is 0.500. The lowest BCUT2D eigenvalue weighted by Gasteiger charge is -2.06. The summed E-state index contributed by atoms with van der Waals surface area (Å²) in [4.78, 5) is 0. The molecule has 1 aromatic rings. The van der Waals surface area contributed by atoms with Gasteiger partial charge in [-0.3, -0.25) is 0 Å². The summed E-state index contributed by atoms with van der Waals surface area (Å²) in [6.45, 7) is 5.30. The van der Waals surface area contributed by atoms with Crippen LogP contribution in [0.4, 0.5) is 0 Å². The van der Waals surface area contributed by atoms with Gasteiger partial charge >= 0.3 is 0 Å². The van der Waals surface area contributed by atoms with Gasteiger partial charge in [0.2, 0.25) is 0 Å². The molecular formula is C12H15BrClN. The molecule has 1 saturated carbocycles. The molecule has 1 aliphatic carbocycles. The second-order valence-corrected chi connectivity index (χ2v) is 6.10. The Labute approximate surface area is 104 Å². The molecule has 82 valence electrons. The van der Waals surface area contributed by atoms with E-state index in [9.17, 15) is 0 Å². The zero-order chi connectivity index (χ0) is 11.2. The standard InChI is InChI=1S/C12H15BrClN/c1-12(2)9(6-15)11(12)8-4-3-7(14)5-10(8)13/h3-5,9,11H,6,15H2,1-2H3/t9-,11-/m0/s1. The Kier molecular flexibility index (Phi) is 2.87. The monoisotopic (exact) mass is 287 g/mol. The van der Waals surface area contributed by atoms with Crippen molar-refractivity contribution in [3.8, 4) is 0 Å². The summed E-state index contributed by atoms with van der Waals surface area (Å²) in [5.41, 5.74) is 7.43. The molecule has 0 amide bonds. The Morgan fingerprint density at radius 1 is 1.47 bits per heavy atom. The summed E-state index contributed by atoms with van der Waals surface area (Å²) in [6.07, 6.45) is 0. The van der Waals surface area contributed by atoms with E-state index in [-0.39, 0.29) is 0 Å². The Hall–Kier alpha value is -0.0500. The molecule has 3 heteroatoms. The van der Waals surface area contributed by atoms with Gasteiger partial charge in [0.1, 0.15) is 0 Å². The van der Waals surface area contributed by atoms with E-state index in [4.69, 9.17) is 17.3 Å². The number of rotatable bonds is 2. The van der Waals surface area contributed by atoms with Crippen LogP contribution in [0.2, 0.25) is 5.02 Å². The van der Waals surface area contributed by atoms with Gasteiger partial charge in [-0.1, -0.05) is 47.4 Å². The molecule has 0 bridgehead atoms. The van der Waals surface area contributed by atoms with Crippen molar-refractivity contribution in [2.75, 3.05) is 6.54 Å². The molecule has 0 saturated heterocycles. The molecule has 0 heterocycles. The number of benzene rings is 1. The van der Waals surface area contributed by atoms with Crippen LogP contribution in [-0.2, 0) is 0 Å². The summed E-state index contributed by atoms with van der Waals surface area (Å²) in [5.74, 6) is 1.16. The summed E-state index contributed by atoms with van der Waals surface area (Å²) in [7, 11) is 0. The zero-order valence-electron chi connectivity index (χ0n) is 8.93. The lowest BCUT2D eigenvalue weighted by molar-refractivity contribution is 0.558. The predicted molar refractivity (Wildman–Crippen MR) is 68.2 cm³/mol. The minimum Gasteiger partial charge on any atom is -0.330 e. The van der Waals surface area contributed by atoms with Crippen LogP contribution < -0.4 is 5.73 Å². The van der Waals surface area contributed by atoms with Gasteiger partial charge in [-0.15, -0.1) is 0 Å². The summed E-state index contributed by atoms with van der Waals surface area (Å²) in [6, 6.07) is 6.01. The average Bonchev–Trinajstić information content (AvgIpc) is 2.68. The van der Waals surface area contributed by atoms with Crippen molar-refractivity contribution in [1.82, 2.24) is 0 Å². The van der Waals surface area contributed by atoms with E-state index in [0.29, 0.717) is 17.3 Å². The van der Waals surface area contributed by atoms with Crippen LogP contribution in [0.15, 0.2) is 22.7 Å². The van der Waals surface area contributed by atoms with Gasteiger partial charge < -0.3 is 5.73 Å². The minimum atomic E-state index is 0.325. The van der Waals surface area contributed by atoms with Gasteiger partial charge in [0, 0.05) is 9.50 Å². The maximum Gasteiger partial charge on any atom is 0.0417 e. The number of halogens is 2. The van der Waals surface area contributed by atoms with Crippen LogP contribution in [0.5, 0.6) is 0 Å². The van der Waals surface area contributed by atoms with Gasteiger partial charge in [-0.2, -0.15) is 0 Å². The third kappa shape index (κ3) is 1.83. The Balaban J connectivity index is 2.33. The molecule has 1 aromatic carbocycles. The highest BCUT2D eigenvalue weighted by atomic mass is 79.9. The largest absolute Gasteiger partial charge is 0.330 e. The molecule has 15 heavy (non-hydrogen) atoms. The first kappa shape index (κ1) is 11.4. The van der Waals surface area contributed by atoms with Crippen molar-refractivity contribution >= 4 is 27.5 Å². The van der Waals surface area contributed by atoms with E-state index in [1.54, 1.807) is 0 Å². The van der Waals surface area contributed by atoms with Crippen LogP contribution in [-0.4, -0.2) is 6.54 Å². The molecule has 0 unspecified atom stereocenters. The number of hydrogen-bond donors (Lipinski definition) is 1. The highest BCUT2D eigenvalue weighted by Gasteiger charge is 2.57. The van der Waals surface area contributed by atoms with E-state index in [1.165, 1.54) is 5.56 Å². The molecule has 1 aliphatic rings. The fourth-order valence-corrected chi connectivity index (χ4v) is 3.48. The lowest BCUT2D eigenvalue weighted by Crippen LogP contribution is -2.05. The van der Waals surface area contributed by atoms with Gasteiger partial charge in [0.15, 0.2) is 0 Å². The second-order valence-electron chi connectivity index (χ2n) is 4.81. The van der Waals surface area contributed by atoms with Gasteiger partial charge in [0.05, 0.1) is 0 Å². The summed E-state index contributed by atoms with van der Waals surface area (Å²) >= 11 is 9.50. The fourth-order valence-electron chi connectivity index (χ4n) is 2.56. The molecule has 0 radical (unpaired) electrons. The summed E-state index contributed by atoms with van der Waals surface area (Å²) in [5, 5.41) is 0.772. The van der Waals surface area contributed by atoms with Gasteiger partial charge in [-0.25, -0.2) is 0 Å². The molecule has 0 aliphatic heterocycles. The molecule has 2 rings (SSSR count). The van der Waals surface area contributed by atoms with E-state index < -0.39 is 0 Å². The minimum absolute atomic E-state index is 0.325. The zero-order valence-corrected chi connectivity index (χ0v) is 11.3. The smallest absolute Gasteiger partial charge is 0.0417 e. The predicted octanol–water partition coefficient (Wildman–Crippen LogP) is 3.80. The Bertz CT molecular complexity index is 389. The van der Waals surface area contributed by atoms with Crippen LogP contribution in [0, 0.1) is 11.3 Å². The Morgan fingerprint density at radius 2 is 2.13 bits per heavy atom. The highest BCUT2D eigenvalue weighted by Crippen LogP contribution is 2.64. The Morgan fingerprint density at radius 3 is 2.60 bits per heavy atom. The first-order chi connectivity index (χ1) is 6.98. The molecule has 0 aromatic heterocycles. The van der Waals surface area contributed by atoms with Gasteiger partial charge in [-0.05, 0) is 41.5 Å². The first-order valence-electron chi connectivity index (χ1n) is 5.13. The van der Waals surface area contributed by atoms with E-state index >= 15 is 0 Å². The van der Waals surface area contributed by atoms with Crippen LogP contribution >= 0.6 is 27.5 Å². The first-order valence-corrected chi connectivity index (χ1v) is 6.30. The number of hydrogen-bond acceptors (Lipinski definition) is 1. The third-order valence-electron chi connectivity index (χ3n) is 3.60. The second kappa shape index (κ2) is 3.76. The van der Waals surface area contributed by atoms with Crippen LogP contribution in [0.1, 0.15) is 25.3 Å². The average molecular weight is 289 g/mol. The normalized spacial score (nSPS) is 27.8.